The molecule has 3 N–H and O–H groups in total. The number of aliphatic hydroxyl groups excluding tert-OH is 2. The van der Waals surface area contributed by atoms with Crippen LogP contribution in [0.1, 0.15) is 233 Å². The van der Waals surface area contributed by atoms with Crippen LogP contribution in [0.15, 0.2) is 97.2 Å². The summed E-state index contributed by atoms with van der Waals surface area (Å²) in [5.41, 5.74) is 0. The van der Waals surface area contributed by atoms with E-state index in [1.54, 1.807) is 0 Å². The predicted octanol–water partition coefficient (Wildman–Crippen LogP) is 16.1. The van der Waals surface area contributed by atoms with Crippen molar-refractivity contribution in [3.8, 4) is 0 Å². The summed E-state index contributed by atoms with van der Waals surface area (Å²) in [5.74, 6) is -0.534. The van der Waals surface area contributed by atoms with Gasteiger partial charge in [-0.05, 0) is 64.2 Å². The van der Waals surface area contributed by atoms with Crippen LogP contribution >= 0.6 is 0 Å². The number of carbonyl (C=O) groups is 2. The van der Waals surface area contributed by atoms with Crippen molar-refractivity contribution in [3.05, 3.63) is 97.2 Å². The van der Waals surface area contributed by atoms with Gasteiger partial charge in [-0.3, -0.25) is 9.59 Å². The number of rotatable bonds is 46. The maximum Gasteiger partial charge on any atom is 0.306 e. The monoisotopic (exact) mass is 890 g/mol. The summed E-state index contributed by atoms with van der Waals surface area (Å²) < 4.78 is 5.92. The van der Waals surface area contributed by atoms with Crippen LogP contribution < -0.4 is 5.32 Å². The second-order valence-corrected chi connectivity index (χ2v) is 17.7. The van der Waals surface area contributed by atoms with Crippen LogP contribution in [-0.2, 0) is 14.3 Å². The van der Waals surface area contributed by atoms with Crippen molar-refractivity contribution in [2.45, 2.75) is 251 Å². The lowest BCUT2D eigenvalue weighted by atomic mass is 10.0. The molecule has 366 valence electrons. The number of amides is 1. The number of allylic oxidation sites excluding steroid dienone is 16. The van der Waals surface area contributed by atoms with Crippen molar-refractivity contribution in [1.82, 2.24) is 5.32 Å². The Morgan fingerprint density at radius 2 is 0.875 bits per heavy atom. The SMILES string of the molecule is CC/C=C/C=C/C=C/CCCCCCCCCC(=O)OC(CCCCC/C=C/C=C/C=C/C=C/C=C/CCC)CC(=O)NC(CO)C(O)CCCCCCCCCCCCCCCC. The Balaban J connectivity index is 4.71. The van der Waals surface area contributed by atoms with Gasteiger partial charge in [0.05, 0.1) is 25.2 Å². The zero-order valence-electron chi connectivity index (χ0n) is 41.6. The molecule has 64 heavy (non-hydrogen) atoms. The third-order valence-electron chi connectivity index (χ3n) is 11.6. The Hall–Kier alpha value is -3.22. The van der Waals surface area contributed by atoms with Gasteiger partial charge in [0.1, 0.15) is 6.10 Å². The largest absolute Gasteiger partial charge is 0.462 e. The van der Waals surface area contributed by atoms with Crippen LogP contribution in [0.25, 0.3) is 0 Å². The summed E-state index contributed by atoms with van der Waals surface area (Å²) in [6.45, 7) is 6.25. The molecule has 6 nitrogen and oxygen atoms in total. The number of hydrogen-bond acceptors (Lipinski definition) is 5. The third kappa shape index (κ3) is 45.4. The standard InChI is InChI=1S/C58H99NO5/c1-4-7-10-13-16-19-22-25-28-30-31-34-37-40-43-46-49-54(64-58(63)51-48-45-42-39-36-33-29-26-23-20-17-14-11-8-5-2)52-57(62)59-55(53-60)56(61)50-47-44-41-38-35-32-27-24-21-18-15-12-9-6-3/h8,10-11,13-14,16-17,19-20,22-23,25,28,30-31,34,54-56,60-61H,4-7,9,12,15,18,21,24,26-27,29,32-33,35-53H2,1-3H3,(H,59,62)/b11-8+,13-10+,17-14+,19-16+,23-20+,25-22+,30-28+,34-31+. The van der Waals surface area contributed by atoms with Gasteiger partial charge in [-0.1, -0.05) is 253 Å². The topological polar surface area (TPSA) is 95.9 Å². The molecule has 0 rings (SSSR count). The van der Waals surface area contributed by atoms with E-state index in [0.29, 0.717) is 19.3 Å². The fourth-order valence-electron chi connectivity index (χ4n) is 7.58. The molecule has 0 heterocycles. The summed E-state index contributed by atoms with van der Waals surface area (Å²) in [4.78, 5) is 26.2. The van der Waals surface area contributed by atoms with Gasteiger partial charge in [0, 0.05) is 6.42 Å². The first kappa shape index (κ1) is 60.8. The first-order chi connectivity index (χ1) is 31.5. The highest BCUT2D eigenvalue weighted by Crippen LogP contribution is 2.17. The Bertz CT molecular complexity index is 1270. The van der Waals surface area contributed by atoms with Gasteiger partial charge in [-0.2, -0.15) is 0 Å². The minimum absolute atomic E-state index is 0.0393. The Kier molecular flexibility index (Phi) is 48.2. The quantitative estimate of drug-likeness (QED) is 0.0321. The lowest BCUT2D eigenvalue weighted by Crippen LogP contribution is -2.46. The molecule has 0 radical (unpaired) electrons. The zero-order valence-corrected chi connectivity index (χ0v) is 41.6. The van der Waals surface area contributed by atoms with E-state index in [-0.39, 0.29) is 24.9 Å². The van der Waals surface area contributed by atoms with E-state index in [2.05, 4.69) is 86.8 Å². The smallest absolute Gasteiger partial charge is 0.306 e. The van der Waals surface area contributed by atoms with Crippen molar-refractivity contribution in [3.63, 3.8) is 0 Å². The summed E-state index contributed by atoms with van der Waals surface area (Å²) >= 11 is 0. The van der Waals surface area contributed by atoms with Crippen molar-refractivity contribution >= 4 is 11.9 Å². The molecule has 0 saturated carbocycles. The van der Waals surface area contributed by atoms with Crippen molar-refractivity contribution in [2.75, 3.05) is 6.61 Å². The van der Waals surface area contributed by atoms with Crippen LogP contribution in [0, 0.1) is 0 Å². The molecule has 0 fully saturated rings. The highest BCUT2D eigenvalue weighted by Gasteiger charge is 2.24. The number of nitrogens with one attached hydrogen (secondary N) is 1. The summed E-state index contributed by atoms with van der Waals surface area (Å²) in [6, 6.07) is -0.724. The fourth-order valence-corrected chi connectivity index (χ4v) is 7.58. The second-order valence-electron chi connectivity index (χ2n) is 17.7. The molecule has 0 aliphatic heterocycles. The van der Waals surface area contributed by atoms with E-state index in [0.717, 1.165) is 83.5 Å². The molecule has 3 unspecified atom stereocenters. The number of hydrogen-bond donors (Lipinski definition) is 3. The number of unbranched alkanes of at least 4 members (excludes halogenated alkanes) is 24. The van der Waals surface area contributed by atoms with E-state index in [9.17, 15) is 19.8 Å². The van der Waals surface area contributed by atoms with Gasteiger partial charge < -0.3 is 20.3 Å². The average Bonchev–Trinajstić information content (AvgIpc) is 3.29. The molecule has 0 aromatic carbocycles. The van der Waals surface area contributed by atoms with E-state index in [1.165, 1.54) is 103 Å². The van der Waals surface area contributed by atoms with E-state index in [1.807, 2.05) is 36.5 Å². The second kappa shape index (κ2) is 50.8. The fraction of sp³-hybridized carbons (Fsp3) is 0.690. The molecular formula is C58H99NO5. The molecule has 6 heteroatoms. The van der Waals surface area contributed by atoms with Gasteiger partial charge in [-0.25, -0.2) is 0 Å². The highest BCUT2D eigenvalue weighted by atomic mass is 16.5. The Morgan fingerprint density at radius 1 is 0.469 bits per heavy atom. The molecule has 0 saturated heterocycles. The lowest BCUT2D eigenvalue weighted by molar-refractivity contribution is -0.151. The minimum Gasteiger partial charge on any atom is -0.462 e. The maximum absolute atomic E-state index is 13.2. The Morgan fingerprint density at radius 3 is 1.36 bits per heavy atom. The third-order valence-corrected chi connectivity index (χ3v) is 11.6. The summed E-state index contributed by atoms with van der Waals surface area (Å²) in [5, 5.41) is 23.8. The molecule has 0 bridgehead atoms. The number of carbonyl (C=O) groups excluding carboxylic acids is 2. The molecule has 0 aliphatic carbocycles. The van der Waals surface area contributed by atoms with Gasteiger partial charge in [0.15, 0.2) is 0 Å². The van der Waals surface area contributed by atoms with E-state index in [4.69, 9.17) is 4.74 Å². The van der Waals surface area contributed by atoms with Gasteiger partial charge in [0.25, 0.3) is 0 Å². The molecule has 0 aromatic heterocycles. The highest BCUT2D eigenvalue weighted by molar-refractivity contribution is 5.77. The van der Waals surface area contributed by atoms with Gasteiger partial charge in [0.2, 0.25) is 5.91 Å². The first-order valence-electron chi connectivity index (χ1n) is 26.6. The number of esters is 1. The number of ether oxygens (including phenoxy) is 1. The molecule has 0 spiro atoms. The van der Waals surface area contributed by atoms with Crippen LogP contribution in [-0.4, -0.2) is 46.9 Å². The minimum atomic E-state index is -0.807. The van der Waals surface area contributed by atoms with Crippen molar-refractivity contribution in [2.24, 2.45) is 0 Å². The van der Waals surface area contributed by atoms with Crippen LogP contribution in [0.2, 0.25) is 0 Å². The Labute approximate surface area is 395 Å². The maximum atomic E-state index is 13.2. The summed E-state index contributed by atoms with van der Waals surface area (Å²) in [6.07, 6.45) is 67.4. The molecule has 3 atom stereocenters. The van der Waals surface area contributed by atoms with Crippen LogP contribution in [0.5, 0.6) is 0 Å². The van der Waals surface area contributed by atoms with Gasteiger partial charge in [-0.15, -0.1) is 0 Å². The van der Waals surface area contributed by atoms with Crippen molar-refractivity contribution < 1.29 is 24.5 Å². The lowest BCUT2D eigenvalue weighted by Gasteiger charge is -2.24. The van der Waals surface area contributed by atoms with E-state index < -0.39 is 18.2 Å². The number of aliphatic hydroxyl groups is 2. The molecule has 1 amide bonds. The summed E-state index contributed by atoms with van der Waals surface area (Å²) in [7, 11) is 0. The molecule has 0 aliphatic rings. The first-order valence-corrected chi connectivity index (χ1v) is 26.6. The average molecular weight is 890 g/mol. The zero-order chi connectivity index (χ0) is 46.7. The molecule has 0 aromatic rings. The predicted molar refractivity (Wildman–Crippen MR) is 277 cm³/mol. The van der Waals surface area contributed by atoms with Crippen LogP contribution in [0.3, 0.4) is 0 Å². The van der Waals surface area contributed by atoms with E-state index >= 15 is 0 Å². The molecular weight excluding hydrogens is 791 g/mol. The van der Waals surface area contributed by atoms with Crippen LogP contribution in [0.4, 0.5) is 0 Å². The van der Waals surface area contributed by atoms with Gasteiger partial charge >= 0.3 is 5.97 Å². The normalized spacial score (nSPS) is 14.0. The van der Waals surface area contributed by atoms with Crippen molar-refractivity contribution in [1.29, 1.82) is 0 Å².